The van der Waals surface area contributed by atoms with Gasteiger partial charge in [0.2, 0.25) is 9.84 Å². The van der Waals surface area contributed by atoms with E-state index in [1.165, 1.54) is 44.6 Å². The van der Waals surface area contributed by atoms with E-state index in [0.717, 1.165) is 5.56 Å². The molecule has 0 bridgehead atoms. The number of aliphatic hydroxyl groups excluding tert-OH is 1. The number of hydrogen-bond donors (Lipinski definition) is 2. The molecule has 0 aliphatic carbocycles. The summed E-state index contributed by atoms with van der Waals surface area (Å²) in [6.07, 6.45) is 3.32. The van der Waals surface area contributed by atoms with Gasteiger partial charge in [0.25, 0.3) is 0 Å². The zero-order valence-corrected chi connectivity index (χ0v) is 17.8. The molecule has 2 aromatic carbocycles. The molecule has 1 heterocycles. The topological polar surface area (TPSA) is 115 Å². The molecule has 31 heavy (non-hydrogen) atoms. The quantitative estimate of drug-likeness (QED) is 0.512. The smallest absolute Gasteiger partial charge is 0.339 e. The van der Waals surface area contributed by atoms with E-state index in [-0.39, 0.29) is 20.9 Å². The molecule has 0 spiro atoms. The predicted molar refractivity (Wildman–Crippen MR) is 114 cm³/mol. The normalized spacial score (nSPS) is 11.1. The molecule has 0 atom stereocenters. The molecule has 0 radical (unpaired) electrons. The highest BCUT2D eigenvalue weighted by atomic mass is 32.2. The molecule has 0 saturated carbocycles. The Morgan fingerprint density at radius 1 is 1.10 bits per heavy atom. The first-order valence-corrected chi connectivity index (χ1v) is 10.8. The van der Waals surface area contributed by atoms with Crippen LogP contribution in [0.3, 0.4) is 0 Å². The van der Waals surface area contributed by atoms with Crippen LogP contribution < -0.4 is 10.1 Å². The third-order valence-corrected chi connectivity index (χ3v) is 6.56. The third kappa shape index (κ3) is 4.68. The lowest BCUT2D eigenvalue weighted by atomic mass is 10.1. The van der Waals surface area contributed by atoms with Gasteiger partial charge < -0.3 is 19.9 Å². The van der Waals surface area contributed by atoms with E-state index in [1.807, 2.05) is 6.07 Å². The maximum atomic E-state index is 13.5. The van der Waals surface area contributed by atoms with Gasteiger partial charge in [-0.2, -0.15) is 0 Å². The molecule has 0 aliphatic heterocycles. The molecule has 2 N–H and O–H groups in total. The Kier molecular flexibility index (Phi) is 6.88. The number of ether oxygens (including phenoxy) is 2. The SMILES string of the molecule is COC(=O)c1ccc(NCc2cccnc2)c(CO)c1S(=O)(=O)c1ccc(OC)cc1. The van der Waals surface area contributed by atoms with Crippen molar-refractivity contribution in [3.05, 3.63) is 77.6 Å². The van der Waals surface area contributed by atoms with Crippen molar-refractivity contribution in [1.82, 2.24) is 4.98 Å². The van der Waals surface area contributed by atoms with E-state index in [9.17, 15) is 18.3 Å². The Morgan fingerprint density at radius 2 is 1.84 bits per heavy atom. The fourth-order valence-electron chi connectivity index (χ4n) is 3.10. The van der Waals surface area contributed by atoms with E-state index >= 15 is 0 Å². The van der Waals surface area contributed by atoms with Crippen molar-refractivity contribution in [3.8, 4) is 5.75 Å². The van der Waals surface area contributed by atoms with Crippen molar-refractivity contribution in [1.29, 1.82) is 0 Å². The van der Waals surface area contributed by atoms with Crippen molar-refractivity contribution < 1.29 is 27.8 Å². The molecule has 8 nitrogen and oxygen atoms in total. The number of hydrogen-bond acceptors (Lipinski definition) is 8. The van der Waals surface area contributed by atoms with E-state index in [4.69, 9.17) is 9.47 Å². The van der Waals surface area contributed by atoms with Gasteiger partial charge in [-0.25, -0.2) is 13.2 Å². The zero-order chi connectivity index (χ0) is 22.4. The largest absolute Gasteiger partial charge is 0.497 e. The minimum Gasteiger partial charge on any atom is -0.497 e. The summed E-state index contributed by atoms with van der Waals surface area (Å²) >= 11 is 0. The van der Waals surface area contributed by atoms with Crippen molar-refractivity contribution in [2.24, 2.45) is 0 Å². The van der Waals surface area contributed by atoms with Crippen molar-refractivity contribution in [2.75, 3.05) is 19.5 Å². The molecule has 0 aliphatic rings. The number of aromatic nitrogens is 1. The van der Waals surface area contributed by atoms with Crippen LogP contribution >= 0.6 is 0 Å². The second kappa shape index (κ2) is 9.59. The Labute approximate surface area is 180 Å². The third-order valence-electron chi connectivity index (χ3n) is 4.67. The average molecular weight is 442 g/mol. The Morgan fingerprint density at radius 3 is 2.42 bits per heavy atom. The number of aliphatic hydroxyl groups is 1. The number of esters is 1. The zero-order valence-electron chi connectivity index (χ0n) is 17.0. The first-order chi connectivity index (χ1) is 14.9. The molecule has 9 heteroatoms. The van der Waals surface area contributed by atoms with Gasteiger partial charge in [0.1, 0.15) is 5.75 Å². The molecule has 3 aromatic rings. The summed E-state index contributed by atoms with van der Waals surface area (Å²) in [4.78, 5) is 16.0. The standard InChI is InChI=1S/C22H22N2O6S/c1-29-16-5-7-17(8-6-16)31(27,28)21-18(22(26)30-2)9-10-20(19(21)14-25)24-13-15-4-3-11-23-12-15/h3-12,24-25H,13-14H2,1-2H3. The molecule has 0 unspecified atom stereocenters. The van der Waals surface area contributed by atoms with Crippen molar-refractivity contribution >= 4 is 21.5 Å². The summed E-state index contributed by atoms with van der Waals surface area (Å²) in [5, 5.41) is 13.2. The van der Waals surface area contributed by atoms with Crippen LogP contribution in [0.25, 0.3) is 0 Å². The predicted octanol–water partition coefficient (Wildman–Crippen LogP) is 2.81. The number of carbonyl (C=O) groups is 1. The molecular formula is C22H22N2O6S. The first-order valence-electron chi connectivity index (χ1n) is 9.29. The maximum absolute atomic E-state index is 13.5. The van der Waals surface area contributed by atoms with Gasteiger partial charge in [0.15, 0.2) is 0 Å². The monoisotopic (exact) mass is 442 g/mol. The van der Waals surface area contributed by atoms with Gasteiger partial charge >= 0.3 is 5.97 Å². The number of methoxy groups -OCH3 is 2. The summed E-state index contributed by atoms with van der Waals surface area (Å²) in [6, 6.07) is 12.3. The van der Waals surface area contributed by atoms with E-state index < -0.39 is 22.4 Å². The number of rotatable bonds is 8. The maximum Gasteiger partial charge on any atom is 0.339 e. The van der Waals surface area contributed by atoms with Crippen LogP contribution in [0.5, 0.6) is 5.75 Å². The van der Waals surface area contributed by atoms with Crippen LogP contribution in [0.15, 0.2) is 70.7 Å². The average Bonchev–Trinajstić information content (AvgIpc) is 2.82. The highest BCUT2D eigenvalue weighted by Gasteiger charge is 2.30. The summed E-state index contributed by atoms with van der Waals surface area (Å²) < 4.78 is 36.8. The van der Waals surface area contributed by atoms with Crippen LogP contribution in [-0.2, 0) is 27.7 Å². The minimum absolute atomic E-state index is 0.0439. The molecule has 0 fully saturated rings. The lowest BCUT2D eigenvalue weighted by Gasteiger charge is -2.18. The Hall–Kier alpha value is -3.43. The Balaban J connectivity index is 2.13. The number of sulfone groups is 1. The molecule has 1 aromatic heterocycles. The fraction of sp³-hybridized carbons (Fsp3) is 0.182. The summed E-state index contributed by atoms with van der Waals surface area (Å²) in [5.74, 6) is -0.331. The lowest BCUT2D eigenvalue weighted by molar-refractivity contribution is 0.0596. The van der Waals surface area contributed by atoms with Gasteiger partial charge in [-0.05, 0) is 48.0 Å². The lowest BCUT2D eigenvalue weighted by Crippen LogP contribution is -2.16. The fourth-order valence-corrected chi connectivity index (χ4v) is 4.77. The van der Waals surface area contributed by atoms with E-state index in [0.29, 0.717) is 18.0 Å². The minimum atomic E-state index is -4.17. The van der Waals surface area contributed by atoms with Crippen LogP contribution in [0.2, 0.25) is 0 Å². The molecular weight excluding hydrogens is 420 g/mol. The second-order valence-electron chi connectivity index (χ2n) is 6.51. The van der Waals surface area contributed by atoms with E-state index in [1.54, 1.807) is 24.5 Å². The molecule has 0 amide bonds. The summed E-state index contributed by atoms with van der Waals surface area (Å²) in [5.41, 5.74) is 1.16. The Bertz CT molecular complexity index is 1160. The van der Waals surface area contributed by atoms with Crippen LogP contribution in [0.4, 0.5) is 5.69 Å². The second-order valence-corrected chi connectivity index (χ2v) is 8.40. The highest BCUT2D eigenvalue weighted by molar-refractivity contribution is 7.91. The number of anilines is 1. The van der Waals surface area contributed by atoms with Gasteiger partial charge in [-0.3, -0.25) is 4.98 Å². The molecule has 0 saturated heterocycles. The van der Waals surface area contributed by atoms with Gasteiger partial charge in [-0.1, -0.05) is 6.07 Å². The molecule has 162 valence electrons. The number of nitrogens with one attached hydrogen (secondary N) is 1. The highest BCUT2D eigenvalue weighted by Crippen LogP contribution is 2.33. The molecule has 3 rings (SSSR count). The number of carbonyl (C=O) groups excluding carboxylic acids is 1. The number of benzene rings is 2. The van der Waals surface area contributed by atoms with E-state index in [2.05, 4.69) is 10.3 Å². The van der Waals surface area contributed by atoms with Crippen molar-refractivity contribution in [2.45, 2.75) is 22.9 Å². The summed E-state index contributed by atoms with van der Waals surface area (Å²) in [7, 11) is -1.53. The van der Waals surface area contributed by atoms with Crippen molar-refractivity contribution in [3.63, 3.8) is 0 Å². The van der Waals surface area contributed by atoms with Gasteiger partial charge in [-0.15, -0.1) is 0 Å². The number of nitrogens with zero attached hydrogens (tertiary/aromatic N) is 1. The summed E-state index contributed by atoms with van der Waals surface area (Å²) in [6.45, 7) is -0.259. The first kappa shape index (κ1) is 22.3. The van der Waals surface area contributed by atoms with Crippen LogP contribution in [0.1, 0.15) is 21.5 Å². The number of pyridine rings is 1. The van der Waals surface area contributed by atoms with Crippen LogP contribution in [-0.4, -0.2) is 38.7 Å². The van der Waals surface area contributed by atoms with Gasteiger partial charge in [0, 0.05) is 30.2 Å². The van der Waals surface area contributed by atoms with Crippen LogP contribution in [0, 0.1) is 0 Å². The van der Waals surface area contributed by atoms with Gasteiger partial charge in [0.05, 0.1) is 36.2 Å².